The Labute approximate surface area is 110 Å². The summed E-state index contributed by atoms with van der Waals surface area (Å²) in [4.78, 5) is 10.8. The molecule has 0 unspecified atom stereocenters. The lowest BCUT2D eigenvalue weighted by Gasteiger charge is -1.98. The highest BCUT2D eigenvalue weighted by Crippen LogP contribution is 2.32. The van der Waals surface area contributed by atoms with Crippen molar-refractivity contribution in [2.24, 2.45) is 5.10 Å². The third kappa shape index (κ3) is 3.48. The number of nitrogens with one attached hydrogen (secondary N) is 1. The molecule has 6 nitrogen and oxygen atoms in total. The zero-order valence-corrected chi connectivity index (χ0v) is 10.7. The zero-order valence-electron chi connectivity index (χ0n) is 10.7. The van der Waals surface area contributed by atoms with Crippen molar-refractivity contribution in [2.45, 2.75) is 6.92 Å². The van der Waals surface area contributed by atoms with E-state index in [1.165, 1.54) is 7.11 Å². The summed E-state index contributed by atoms with van der Waals surface area (Å²) in [5.41, 5.74) is 3.84. The van der Waals surface area contributed by atoms with Crippen LogP contribution in [0.15, 0.2) is 29.4 Å². The van der Waals surface area contributed by atoms with Crippen LogP contribution < -0.4 is 14.9 Å². The Hall–Kier alpha value is -2.50. The van der Waals surface area contributed by atoms with Gasteiger partial charge < -0.3 is 14.2 Å². The Balaban J connectivity index is 2.00. The molecule has 0 aliphatic carbocycles. The number of ether oxygens (including phenoxy) is 3. The van der Waals surface area contributed by atoms with Crippen molar-refractivity contribution in [3.63, 3.8) is 0 Å². The molecule has 1 heterocycles. The smallest absolute Gasteiger partial charge is 0.427 e. The molecule has 6 heteroatoms. The van der Waals surface area contributed by atoms with Crippen molar-refractivity contribution in [1.29, 1.82) is 0 Å². The van der Waals surface area contributed by atoms with Gasteiger partial charge in [-0.15, -0.1) is 0 Å². The third-order valence-electron chi connectivity index (χ3n) is 2.42. The average molecular weight is 262 g/mol. The Morgan fingerprint density at radius 1 is 1.42 bits per heavy atom. The van der Waals surface area contributed by atoms with Crippen molar-refractivity contribution in [1.82, 2.24) is 5.43 Å². The van der Waals surface area contributed by atoms with Gasteiger partial charge in [0, 0.05) is 0 Å². The Kier molecular flexibility index (Phi) is 4.02. The molecular formula is C13H14N2O4. The van der Waals surface area contributed by atoms with Gasteiger partial charge in [0.1, 0.15) is 0 Å². The van der Waals surface area contributed by atoms with Crippen LogP contribution in [0.2, 0.25) is 0 Å². The van der Waals surface area contributed by atoms with Crippen LogP contribution in [0.25, 0.3) is 6.08 Å². The largest absolute Gasteiger partial charge is 0.454 e. The zero-order chi connectivity index (χ0) is 13.7. The van der Waals surface area contributed by atoms with E-state index >= 15 is 0 Å². The van der Waals surface area contributed by atoms with Gasteiger partial charge in [-0.1, -0.05) is 12.1 Å². The molecule has 0 radical (unpaired) electrons. The number of methoxy groups -OCH3 is 1. The summed E-state index contributed by atoms with van der Waals surface area (Å²) in [6.07, 6.45) is 3.03. The van der Waals surface area contributed by atoms with Gasteiger partial charge in [-0.05, 0) is 30.7 Å². The number of fused-ring (bicyclic) bond motifs is 1. The first kappa shape index (κ1) is 12.9. The maximum atomic E-state index is 10.8. The molecule has 1 N–H and O–H groups in total. The van der Waals surface area contributed by atoms with Gasteiger partial charge in [0.05, 0.1) is 12.8 Å². The number of benzene rings is 1. The normalized spacial score (nSPS) is 13.7. The first-order chi connectivity index (χ1) is 9.19. The van der Waals surface area contributed by atoms with E-state index in [1.807, 2.05) is 24.3 Å². The molecular weight excluding hydrogens is 248 g/mol. The second-order valence-electron chi connectivity index (χ2n) is 3.80. The molecule has 0 bridgehead atoms. The number of hydrogen-bond donors (Lipinski definition) is 1. The van der Waals surface area contributed by atoms with Crippen molar-refractivity contribution in [3.8, 4) is 11.5 Å². The van der Waals surface area contributed by atoms with Crippen molar-refractivity contribution in [2.75, 3.05) is 13.9 Å². The number of amides is 1. The molecule has 1 amide bonds. The molecule has 1 aliphatic heterocycles. The van der Waals surface area contributed by atoms with Crippen molar-refractivity contribution < 1.29 is 19.0 Å². The molecule has 0 saturated heterocycles. The molecule has 0 atom stereocenters. The second-order valence-corrected chi connectivity index (χ2v) is 3.80. The van der Waals surface area contributed by atoms with Crippen LogP contribution in [0, 0.1) is 0 Å². The van der Waals surface area contributed by atoms with E-state index in [0.717, 1.165) is 17.1 Å². The number of carbonyl (C=O) groups excluding carboxylic acids is 1. The Bertz CT molecular complexity index is 537. The highest BCUT2D eigenvalue weighted by Gasteiger charge is 2.11. The summed E-state index contributed by atoms with van der Waals surface area (Å²) >= 11 is 0. The van der Waals surface area contributed by atoms with Gasteiger partial charge in [-0.3, -0.25) is 0 Å². The standard InChI is InChI=1S/C13H14N2O4/c1-9(14-15-13(16)17-2)3-4-10-5-6-11-12(7-10)19-8-18-11/h3-7H,8H2,1-2H3,(H,15,16)/b4-3+,14-9-. The second kappa shape index (κ2) is 5.90. The van der Waals surface area contributed by atoms with Crippen molar-refractivity contribution >= 4 is 17.9 Å². The maximum absolute atomic E-state index is 10.8. The van der Waals surface area contributed by atoms with Crippen LogP contribution in [0.5, 0.6) is 11.5 Å². The van der Waals surface area contributed by atoms with Crippen LogP contribution >= 0.6 is 0 Å². The van der Waals surface area contributed by atoms with E-state index in [9.17, 15) is 4.79 Å². The van der Waals surface area contributed by atoms with Crippen molar-refractivity contribution in [3.05, 3.63) is 29.8 Å². The number of hydrogen-bond acceptors (Lipinski definition) is 5. The molecule has 19 heavy (non-hydrogen) atoms. The fourth-order valence-electron chi connectivity index (χ4n) is 1.45. The molecule has 1 aromatic carbocycles. The Morgan fingerprint density at radius 3 is 3.00 bits per heavy atom. The van der Waals surface area contributed by atoms with E-state index in [-0.39, 0.29) is 6.79 Å². The summed E-state index contributed by atoms with van der Waals surface area (Å²) in [5, 5.41) is 3.83. The molecule has 1 aliphatic rings. The van der Waals surface area contributed by atoms with Gasteiger partial charge in [0.15, 0.2) is 11.5 Å². The van der Waals surface area contributed by atoms with Gasteiger partial charge in [0.25, 0.3) is 0 Å². The van der Waals surface area contributed by atoms with Crippen LogP contribution in [-0.2, 0) is 4.74 Å². The van der Waals surface area contributed by atoms with Gasteiger partial charge in [-0.25, -0.2) is 10.2 Å². The molecule has 0 spiro atoms. The predicted molar refractivity (Wildman–Crippen MR) is 70.2 cm³/mol. The minimum Gasteiger partial charge on any atom is -0.454 e. The minimum atomic E-state index is -0.601. The summed E-state index contributed by atoms with van der Waals surface area (Å²) in [6, 6.07) is 5.63. The van der Waals surface area contributed by atoms with E-state index in [2.05, 4.69) is 15.3 Å². The molecule has 0 fully saturated rings. The number of rotatable bonds is 3. The summed E-state index contributed by atoms with van der Waals surface area (Å²) < 4.78 is 14.9. The average Bonchev–Trinajstić information content (AvgIpc) is 2.89. The lowest BCUT2D eigenvalue weighted by Crippen LogP contribution is -2.17. The highest BCUT2D eigenvalue weighted by molar-refractivity contribution is 5.96. The van der Waals surface area contributed by atoms with Crippen LogP contribution in [0.4, 0.5) is 4.79 Å². The fourth-order valence-corrected chi connectivity index (χ4v) is 1.45. The summed E-state index contributed by atoms with van der Waals surface area (Å²) in [5.74, 6) is 1.47. The molecule has 100 valence electrons. The predicted octanol–water partition coefficient (Wildman–Crippen LogP) is 2.16. The van der Waals surface area contributed by atoms with E-state index in [4.69, 9.17) is 9.47 Å². The highest BCUT2D eigenvalue weighted by atomic mass is 16.7. The third-order valence-corrected chi connectivity index (χ3v) is 2.42. The summed E-state index contributed by atoms with van der Waals surface area (Å²) in [6.45, 7) is 2.02. The fraction of sp³-hybridized carbons (Fsp3) is 0.231. The van der Waals surface area contributed by atoms with Gasteiger partial charge in [0.2, 0.25) is 6.79 Å². The molecule has 1 aromatic rings. The minimum absolute atomic E-state index is 0.256. The molecule has 0 saturated carbocycles. The van der Waals surface area contributed by atoms with Crippen LogP contribution in [0.1, 0.15) is 12.5 Å². The van der Waals surface area contributed by atoms with Gasteiger partial charge in [-0.2, -0.15) is 5.10 Å². The Morgan fingerprint density at radius 2 is 2.21 bits per heavy atom. The monoisotopic (exact) mass is 262 g/mol. The maximum Gasteiger partial charge on any atom is 0.427 e. The van der Waals surface area contributed by atoms with E-state index in [1.54, 1.807) is 13.0 Å². The van der Waals surface area contributed by atoms with Crippen LogP contribution in [-0.4, -0.2) is 25.7 Å². The number of allylic oxidation sites excluding steroid dienone is 1. The lowest BCUT2D eigenvalue weighted by molar-refractivity contribution is 0.171. The molecule has 2 rings (SSSR count). The summed E-state index contributed by atoms with van der Waals surface area (Å²) in [7, 11) is 1.28. The first-order valence-electron chi connectivity index (χ1n) is 5.65. The van der Waals surface area contributed by atoms with E-state index < -0.39 is 6.09 Å². The SMILES string of the molecule is COC(=O)N/N=C(C)\C=C\c1ccc2c(c1)OCO2. The number of carbonyl (C=O) groups is 1. The van der Waals surface area contributed by atoms with Crippen LogP contribution in [0.3, 0.4) is 0 Å². The number of hydrazone groups is 1. The number of nitrogens with zero attached hydrogens (tertiary/aromatic N) is 1. The molecule has 0 aromatic heterocycles. The quantitative estimate of drug-likeness (QED) is 0.669. The first-order valence-corrected chi connectivity index (χ1v) is 5.65. The lowest BCUT2D eigenvalue weighted by atomic mass is 10.2. The van der Waals surface area contributed by atoms with Gasteiger partial charge >= 0.3 is 6.09 Å². The topological polar surface area (TPSA) is 69.2 Å². The van der Waals surface area contributed by atoms with E-state index in [0.29, 0.717) is 5.71 Å².